The van der Waals surface area contributed by atoms with Gasteiger partial charge in [-0.05, 0) is 49.3 Å². The molecule has 0 unspecified atom stereocenters. The molecule has 2 rings (SSSR count). The van der Waals surface area contributed by atoms with Crippen LogP contribution in [-0.4, -0.2) is 34.8 Å². The number of hydrogen-bond donors (Lipinski definition) is 1. The molecule has 1 N–H and O–H groups in total. The molecule has 7 heteroatoms. The van der Waals surface area contributed by atoms with E-state index in [0.29, 0.717) is 23.0 Å². The summed E-state index contributed by atoms with van der Waals surface area (Å²) in [5, 5.41) is 11.1. The number of hydrogen-bond acceptors (Lipinski definition) is 5. The van der Waals surface area contributed by atoms with Gasteiger partial charge in [0.2, 0.25) is 4.77 Å². The molecule has 0 atom stereocenters. The van der Waals surface area contributed by atoms with Crippen molar-refractivity contribution in [3.63, 3.8) is 0 Å². The fourth-order valence-corrected chi connectivity index (χ4v) is 2.45. The molecule has 6 nitrogen and oxygen atoms in total. The summed E-state index contributed by atoms with van der Waals surface area (Å²) < 4.78 is 13.3. The minimum atomic E-state index is 0.461. The predicted octanol–water partition coefficient (Wildman–Crippen LogP) is 4.10. The van der Waals surface area contributed by atoms with E-state index in [9.17, 15) is 0 Å². The Morgan fingerprint density at radius 2 is 2.12 bits per heavy atom. The highest BCUT2D eigenvalue weighted by atomic mass is 32.1. The zero-order valence-corrected chi connectivity index (χ0v) is 15.2. The summed E-state index contributed by atoms with van der Waals surface area (Å²) in [5.74, 6) is 2.15. The van der Waals surface area contributed by atoms with E-state index in [1.54, 1.807) is 18.0 Å². The standard InChI is InChI=1S/C17H24N4O2S/c1-4-5-6-7-10-23-15-9-8-14(11-16(15)22-3)12-18-21-13(2)19-20-17(21)24/h8-9,11-12H,4-7,10H2,1-3H3,(H,20,24)/b18-12+. The van der Waals surface area contributed by atoms with Crippen LogP contribution in [0.15, 0.2) is 23.3 Å². The fraction of sp³-hybridized carbons (Fsp3) is 0.471. The van der Waals surface area contributed by atoms with Gasteiger partial charge in [0.25, 0.3) is 0 Å². The molecule has 0 aliphatic rings. The molecule has 130 valence electrons. The number of benzene rings is 1. The molecule has 24 heavy (non-hydrogen) atoms. The second-order valence-electron chi connectivity index (χ2n) is 5.45. The average molecular weight is 348 g/mol. The van der Waals surface area contributed by atoms with Crippen molar-refractivity contribution >= 4 is 18.4 Å². The van der Waals surface area contributed by atoms with Crippen LogP contribution in [0.25, 0.3) is 0 Å². The number of rotatable bonds is 9. The Balaban J connectivity index is 2.04. The maximum Gasteiger partial charge on any atom is 0.216 e. The second kappa shape index (κ2) is 9.22. The first-order valence-electron chi connectivity index (χ1n) is 8.15. The molecular weight excluding hydrogens is 324 g/mol. The fourth-order valence-electron chi connectivity index (χ4n) is 2.23. The van der Waals surface area contributed by atoms with Gasteiger partial charge in [0, 0.05) is 0 Å². The van der Waals surface area contributed by atoms with Gasteiger partial charge < -0.3 is 9.47 Å². The van der Waals surface area contributed by atoms with E-state index in [0.717, 1.165) is 17.7 Å². The summed E-state index contributed by atoms with van der Waals surface area (Å²) in [6.45, 7) is 4.73. The second-order valence-corrected chi connectivity index (χ2v) is 5.84. The molecule has 2 aromatic rings. The Kier molecular flexibility index (Phi) is 6.99. The van der Waals surface area contributed by atoms with Gasteiger partial charge >= 0.3 is 0 Å². The third-order valence-electron chi connectivity index (χ3n) is 3.58. The van der Waals surface area contributed by atoms with E-state index in [1.165, 1.54) is 19.3 Å². The molecule has 0 aliphatic heterocycles. The Morgan fingerprint density at radius 3 is 2.79 bits per heavy atom. The van der Waals surface area contributed by atoms with Gasteiger partial charge in [-0.3, -0.25) is 5.10 Å². The molecule has 1 aromatic heterocycles. The summed E-state index contributed by atoms with van der Waals surface area (Å²) in [6, 6.07) is 5.73. The van der Waals surface area contributed by atoms with Crippen LogP contribution in [0, 0.1) is 11.7 Å². The van der Waals surface area contributed by atoms with Gasteiger partial charge in [-0.2, -0.15) is 14.9 Å². The summed E-state index contributed by atoms with van der Waals surface area (Å²) in [4.78, 5) is 0. The lowest BCUT2D eigenvalue weighted by Crippen LogP contribution is -2.00. The Labute approximate surface area is 147 Å². The zero-order chi connectivity index (χ0) is 17.4. The number of nitrogens with zero attached hydrogens (tertiary/aromatic N) is 3. The van der Waals surface area contributed by atoms with Crippen molar-refractivity contribution in [2.45, 2.75) is 39.5 Å². The van der Waals surface area contributed by atoms with Crippen molar-refractivity contribution in [3.8, 4) is 11.5 Å². The predicted molar refractivity (Wildman–Crippen MR) is 97.8 cm³/mol. The van der Waals surface area contributed by atoms with Crippen LogP contribution in [0.2, 0.25) is 0 Å². The lowest BCUT2D eigenvalue weighted by Gasteiger charge is -2.11. The van der Waals surface area contributed by atoms with Gasteiger partial charge in [-0.15, -0.1) is 0 Å². The zero-order valence-electron chi connectivity index (χ0n) is 14.4. The first kappa shape index (κ1) is 18.2. The van der Waals surface area contributed by atoms with Crippen LogP contribution in [0.5, 0.6) is 11.5 Å². The van der Waals surface area contributed by atoms with Crippen molar-refractivity contribution in [2.75, 3.05) is 13.7 Å². The van der Waals surface area contributed by atoms with Crippen molar-refractivity contribution in [1.29, 1.82) is 0 Å². The number of aryl methyl sites for hydroxylation is 1. The topological polar surface area (TPSA) is 64.4 Å². The summed E-state index contributed by atoms with van der Waals surface area (Å²) in [6.07, 6.45) is 6.42. The number of H-pyrrole nitrogens is 1. The van der Waals surface area contributed by atoms with Gasteiger partial charge in [-0.1, -0.05) is 26.2 Å². The monoisotopic (exact) mass is 348 g/mol. The molecule has 0 saturated heterocycles. The molecule has 1 aromatic carbocycles. The molecule has 0 amide bonds. The lowest BCUT2D eigenvalue weighted by atomic mass is 10.2. The molecule has 1 heterocycles. The highest BCUT2D eigenvalue weighted by Gasteiger charge is 2.05. The van der Waals surface area contributed by atoms with E-state index in [-0.39, 0.29) is 0 Å². The molecule has 0 radical (unpaired) electrons. The van der Waals surface area contributed by atoms with Gasteiger partial charge in [0.05, 0.1) is 19.9 Å². The van der Waals surface area contributed by atoms with E-state index < -0.39 is 0 Å². The number of nitrogens with one attached hydrogen (secondary N) is 1. The SMILES string of the molecule is CCCCCCOc1ccc(/C=N/n2c(C)n[nH]c2=S)cc1OC. The van der Waals surface area contributed by atoms with E-state index >= 15 is 0 Å². The quantitative estimate of drug-likeness (QED) is 0.421. The summed E-state index contributed by atoms with van der Waals surface area (Å²) in [5.41, 5.74) is 0.896. The van der Waals surface area contributed by atoms with Crippen LogP contribution in [0.4, 0.5) is 0 Å². The third kappa shape index (κ3) is 4.92. The summed E-state index contributed by atoms with van der Waals surface area (Å²) in [7, 11) is 1.64. The minimum Gasteiger partial charge on any atom is -0.493 e. The number of unbranched alkanes of at least 4 members (excludes halogenated alkanes) is 3. The Bertz CT molecular complexity index is 736. The first-order valence-corrected chi connectivity index (χ1v) is 8.55. The van der Waals surface area contributed by atoms with Crippen molar-refractivity contribution in [2.24, 2.45) is 5.10 Å². The van der Waals surface area contributed by atoms with Crippen molar-refractivity contribution in [3.05, 3.63) is 34.4 Å². The highest BCUT2D eigenvalue weighted by Crippen LogP contribution is 2.27. The van der Waals surface area contributed by atoms with Crippen molar-refractivity contribution in [1.82, 2.24) is 14.9 Å². The maximum atomic E-state index is 5.81. The maximum absolute atomic E-state index is 5.81. The van der Waals surface area contributed by atoms with Crippen LogP contribution in [0.3, 0.4) is 0 Å². The normalized spacial score (nSPS) is 11.1. The average Bonchev–Trinajstić information content (AvgIpc) is 2.91. The Morgan fingerprint density at radius 1 is 1.29 bits per heavy atom. The molecular formula is C17H24N4O2S. The number of ether oxygens (including phenoxy) is 2. The molecule has 0 aliphatic carbocycles. The third-order valence-corrected chi connectivity index (χ3v) is 3.84. The van der Waals surface area contributed by atoms with E-state index in [1.807, 2.05) is 25.1 Å². The molecule has 0 fully saturated rings. The smallest absolute Gasteiger partial charge is 0.216 e. The van der Waals surface area contributed by atoms with Crippen LogP contribution < -0.4 is 9.47 Å². The number of methoxy groups -OCH3 is 1. The van der Waals surface area contributed by atoms with Gasteiger partial charge in [0.1, 0.15) is 5.82 Å². The largest absolute Gasteiger partial charge is 0.493 e. The number of aromatic nitrogens is 3. The van der Waals surface area contributed by atoms with Crippen molar-refractivity contribution < 1.29 is 9.47 Å². The summed E-state index contributed by atoms with van der Waals surface area (Å²) >= 11 is 5.12. The lowest BCUT2D eigenvalue weighted by molar-refractivity contribution is 0.285. The Hall–Kier alpha value is -2.15. The van der Waals surface area contributed by atoms with Crippen LogP contribution in [0.1, 0.15) is 44.0 Å². The highest BCUT2D eigenvalue weighted by molar-refractivity contribution is 7.71. The molecule has 0 saturated carbocycles. The van der Waals surface area contributed by atoms with E-state index in [2.05, 4.69) is 22.2 Å². The first-order chi connectivity index (χ1) is 11.7. The number of aromatic amines is 1. The van der Waals surface area contributed by atoms with Gasteiger partial charge in [0.15, 0.2) is 11.5 Å². The van der Waals surface area contributed by atoms with Crippen LogP contribution >= 0.6 is 12.2 Å². The molecule has 0 spiro atoms. The minimum absolute atomic E-state index is 0.461. The molecule has 0 bridgehead atoms. The van der Waals surface area contributed by atoms with Crippen LogP contribution in [-0.2, 0) is 0 Å². The van der Waals surface area contributed by atoms with Gasteiger partial charge in [-0.25, -0.2) is 0 Å². The van der Waals surface area contributed by atoms with E-state index in [4.69, 9.17) is 21.7 Å².